The Balaban J connectivity index is 1.72. The van der Waals surface area contributed by atoms with E-state index in [2.05, 4.69) is 5.32 Å². The minimum atomic E-state index is -3.81. The van der Waals surface area contributed by atoms with Crippen molar-refractivity contribution in [3.63, 3.8) is 0 Å². The number of rotatable bonds is 9. The third-order valence-electron chi connectivity index (χ3n) is 6.52. The Hall–Kier alpha value is -3.00. The van der Waals surface area contributed by atoms with Gasteiger partial charge in [0.15, 0.2) is 0 Å². The van der Waals surface area contributed by atoms with Crippen molar-refractivity contribution in [3.05, 3.63) is 102 Å². The third kappa shape index (κ3) is 5.03. The molecule has 3 atom stereocenters. The van der Waals surface area contributed by atoms with Crippen molar-refractivity contribution >= 4 is 16.0 Å². The quantitative estimate of drug-likeness (QED) is 0.353. The van der Waals surface area contributed by atoms with Crippen LogP contribution in [0.25, 0.3) is 0 Å². The number of carbonyl (C=O) groups excluding carboxylic acids is 1. The van der Waals surface area contributed by atoms with Crippen molar-refractivity contribution in [2.75, 3.05) is 6.61 Å². The van der Waals surface area contributed by atoms with Gasteiger partial charge in [-0.25, -0.2) is 8.42 Å². The van der Waals surface area contributed by atoms with Crippen LogP contribution >= 0.6 is 0 Å². The monoisotopic (exact) mass is 492 g/mol. The van der Waals surface area contributed by atoms with Gasteiger partial charge in [-0.3, -0.25) is 10.1 Å². The second-order valence-electron chi connectivity index (χ2n) is 9.36. The molecule has 1 unspecified atom stereocenters. The SMILES string of the molecule is CCOC(=O)[C@H](NC(c1ccccc1)c1ccccc1)[C@@H]1N(S(=O)(=O)c2ccc(C)cc2)C1(C)C. The van der Waals surface area contributed by atoms with Crippen LogP contribution in [0.3, 0.4) is 0 Å². The summed E-state index contributed by atoms with van der Waals surface area (Å²) in [6.45, 7) is 7.55. The van der Waals surface area contributed by atoms with Crippen LogP contribution < -0.4 is 5.32 Å². The summed E-state index contributed by atoms with van der Waals surface area (Å²) in [5.74, 6) is -0.468. The molecule has 0 aromatic heterocycles. The van der Waals surface area contributed by atoms with Crippen LogP contribution in [-0.4, -0.2) is 42.9 Å². The van der Waals surface area contributed by atoms with E-state index in [1.807, 2.05) is 81.4 Å². The Kier molecular flexibility index (Phi) is 7.12. The average Bonchev–Trinajstić information content (AvgIpc) is 3.43. The molecule has 3 aromatic rings. The standard InChI is InChI=1S/C28H32N2O4S/c1-5-34-27(31)25(29-24(21-12-8-6-9-13-21)22-14-10-7-11-15-22)26-28(3,4)30(26)35(32,33)23-18-16-20(2)17-19-23/h6-19,24-26,29H,5H2,1-4H3/t25-,26+,30?/m1/s1. The summed E-state index contributed by atoms with van der Waals surface area (Å²) in [6.07, 6.45) is 0. The van der Waals surface area contributed by atoms with E-state index in [9.17, 15) is 13.2 Å². The molecule has 1 saturated heterocycles. The lowest BCUT2D eigenvalue weighted by atomic mass is 9.96. The number of ether oxygens (including phenoxy) is 1. The van der Waals surface area contributed by atoms with Crippen LogP contribution in [-0.2, 0) is 19.6 Å². The molecule has 0 bridgehead atoms. The largest absolute Gasteiger partial charge is 0.465 e. The predicted molar refractivity (Wildman–Crippen MR) is 136 cm³/mol. The highest BCUT2D eigenvalue weighted by molar-refractivity contribution is 7.89. The fourth-order valence-corrected chi connectivity index (χ4v) is 6.75. The number of carbonyl (C=O) groups is 1. The van der Waals surface area contributed by atoms with Gasteiger partial charge in [-0.15, -0.1) is 0 Å². The van der Waals surface area contributed by atoms with Gasteiger partial charge in [-0.2, -0.15) is 4.31 Å². The lowest BCUT2D eigenvalue weighted by Crippen LogP contribution is -2.47. The van der Waals surface area contributed by atoms with Gasteiger partial charge < -0.3 is 4.74 Å². The topological polar surface area (TPSA) is 75.5 Å². The number of nitrogens with zero attached hydrogens (tertiary/aromatic N) is 1. The lowest BCUT2D eigenvalue weighted by molar-refractivity contribution is -0.146. The molecule has 1 heterocycles. The zero-order chi connectivity index (χ0) is 25.2. The lowest BCUT2D eigenvalue weighted by Gasteiger charge is -2.26. The van der Waals surface area contributed by atoms with Crippen LogP contribution in [0.2, 0.25) is 0 Å². The molecule has 0 spiro atoms. The van der Waals surface area contributed by atoms with Gasteiger partial charge in [0.2, 0.25) is 10.0 Å². The maximum absolute atomic E-state index is 13.6. The summed E-state index contributed by atoms with van der Waals surface area (Å²) in [4.78, 5) is 13.5. The number of nitrogens with one attached hydrogen (secondary N) is 1. The molecule has 1 aliphatic heterocycles. The summed E-state index contributed by atoms with van der Waals surface area (Å²) in [5.41, 5.74) is 2.15. The van der Waals surface area contributed by atoms with Crippen LogP contribution in [0.15, 0.2) is 89.8 Å². The summed E-state index contributed by atoms with van der Waals surface area (Å²) >= 11 is 0. The molecule has 184 valence electrons. The second-order valence-corrected chi connectivity index (χ2v) is 11.2. The number of hydrogen-bond donors (Lipinski definition) is 1. The van der Waals surface area contributed by atoms with E-state index in [0.717, 1.165) is 16.7 Å². The Morgan fingerprint density at radius 3 is 1.94 bits per heavy atom. The van der Waals surface area contributed by atoms with Crippen molar-refractivity contribution in [2.45, 2.75) is 56.3 Å². The molecule has 1 N–H and O–H groups in total. The third-order valence-corrected chi connectivity index (χ3v) is 8.61. The Bertz CT molecular complexity index is 1220. The van der Waals surface area contributed by atoms with E-state index < -0.39 is 33.6 Å². The molecule has 0 aliphatic carbocycles. The second kappa shape index (κ2) is 9.93. The van der Waals surface area contributed by atoms with Crippen LogP contribution in [0, 0.1) is 6.92 Å². The van der Waals surface area contributed by atoms with Gasteiger partial charge in [0.25, 0.3) is 0 Å². The molecule has 1 fully saturated rings. The molecule has 4 rings (SSSR count). The molecule has 0 radical (unpaired) electrons. The molecule has 6 nitrogen and oxygen atoms in total. The number of aryl methyl sites for hydroxylation is 1. The van der Waals surface area contributed by atoms with Crippen molar-refractivity contribution in [1.82, 2.24) is 9.62 Å². The van der Waals surface area contributed by atoms with E-state index in [1.165, 1.54) is 4.31 Å². The molecular formula is C28H32N2O4S. The van der Waals surface area contributed by atoms with E-state index in [1.54, 1.807) is 31.2 Å². The molecule has 0 saturated carbocycles. The Morgan fingerprint density at radius 2 is 1.46 bits per heavy atom. The number of esters is 1. The van der Waals surface area contributed by atoms with Gasteiger partial charge in [-0.1, -0.05) is 78.4 Å². The predicted octanol–water partition coefficient (Wildman–Crippen LogP) is 4.46. The van der Waals surface area contributed by atoms with E-state index >= 15 is 0 Å². The van der Waals surface area contributed by atoms with E-state index in [0.29, 0.717) is 0 Å². The molecule has 3 aromatic carbocycles. The number of sulfonamides is 1. The maximum atomic E-state index is 13.6. The molecular weight excluding hydrogens is 460 g/mol. The van der Waals surface area contributed by atoms with Gasteiger partial charge in [-0.05, 0) is 51.0 Å². The average molecular weight is 493 g/mol. The van der Waals surface area contributed by atoms with Crippen molar-refractivity contribution in [1.29, 1.82) is 0 Å². The van der Waals surface area contributed by atoms with Crippen molar-refractivity contribution in [2.24, 2.45) is 0 Å². The van der Waals surface area contributed by atoms with Gasteiger partial charge >= 0.3 is 5.97 Å². The normalized spacial score (nSPS) is 19.8. The number of benzene rings is 3. The highest BCUT2D eigenvalue weighted by atomic mass is 32.2. The zero-order valence-corrected chi connectivity index (χ0v) is 21.3. The van der Waals surface area contributed by atoms with Crippen molar-refractivity contribution < 1.29 is 17.9 Å². The van der Waals surface area contributed by atoms with Crippen molar-refractivity contribution in [3.8, 4) is 0 Å². The Morgan fingerprint density at radius 1 is 0.943 bits per heavy atom. The summed E-state index contributed by atoms with van der Waals surface area (Å²) in [5, 5.41) is 3.47. The first-order chi connectivity index (χ1) is 16.7. The molecule has 35 heavy (non-hydrogen) atoms. The van der Waals surface area contributed by atoms with Gasteiger partial charge in [0.1, 0.15) is 6.04 Å². The fourth-order valence-electron chi connectivity index (χ4n) is 4.68. The van der Waals surface area contributed by atoms with E-state index in [-0.39, 0.29) is 17.5 Å². The molecule has 1 aliphatic rings. The first-order valence-corrected chi connectivity index (χ1v) is 13.3. The zero-order valence-electron chi connectivity index (χ0n) is 20.5. The highest BCUT2D eigenvalue weighted by Gasteiger charge is 2.67. The first-order valence-electron chi connectivity index (χ1n) is 11.8. The smallest absolute Gasteiger partial charge is 0.324 e. The van der Waals surface area contributed by atoms with Gasteiger partial charge in [0, 0.05) is 5.54 Å². The summed E-state index contributed by atoms with van der Waals surface area (Å²) < 4.78 is 34.0. The molecule has 0 amide bonds. The van der Waals surface area contributed by atoms with Gasteiger partial charge in [0.05, 0.1) is 23.6 Å². The fraction of sp³-hybridized carbons (Fsp3) is 0.321. The number of hydrogen-bond acceptors (Lipinski definition) is 5. The highest BCUT2D eigenvalue weighted by Crippen LogP contribution is 2.48. The van der Waals surface area contributed by atoms with Crippen LogP contribution in [0.1, 0.15) is 43.5 Å². The molecule has 7 heteroatoms. The van der Waals surface area contributed by atoms with Crippen LogP contribution in [0.5, 0.6) is 0 Å². The first kappa shape index (κ1) is 25.1. The van der Waals surface area contributed by atoms with Crippen LogP contribution in [0.4, 0.5) is 0 Å². The summed E-state index contributed by atoms with van der Waals surface area (Å²) in [7, 11) is -3.81. The summed E-state index contributed by atoms with van der Waals surface area (Å²) in [6, 6.07) is 24.6. The maximum Gasteiger partial charge on any atom is 0.324 e. The minimum absolute atomic E-state index is 0.205. The minimum Gasteiger partial charge on any atom is -0.465 e. The van der Waals surface area contributed by atoms with E-state index in [4.69, 9.17) is 4.74 Å². The Labute approximate surface area is 208 Å².